The zero-order valence-corrected chi connectivity index (χ0v) is 9.00. The fourth-order valence-electron chi connectivity index (χ4n) is 0.999. The Morgan fingerprint density at radius 2 is 2.00 bits per heavy atom. The summed E-state index contributed by atoms with van der Waals surface area (Å²) >= 11 is 5.00. The molecule has 0 aliphatic carbocycles. The van der Waals surface area contributed by atoms with Gasteiger partial charge in [-0.05, 0) is 17.7 Å². The van der Waals surface area contributed by atoms with E-state index in [4.69, 9.17) is 11.6 Å². The van der Waals surface area contributed by atoms with Crippen molar-refractivity contribution in [1.29, 1.82) is 0 Å². The van der Waals surface area contributed by atoms with Gasteiger partial charge in [0.2, 0.25) is 0 Å². The summed E-state index contributed by atoms with van der Waals surface area (Å²) in [5.74, 6) is -1.26. The van der Waals surface area contributed by atoms with Crippen molar-refractivity contribution < 1.29 is 22.5 Å². The number of carbonyl (C=O) groups is 1. The summed E-state index contributed by atoms with van der Waals surface area (Å²) in [7, 11) is -3.32. The van der Waals surface area contributed by atoms with Gasteiger partial charge in [-0.1, -0.05) is 0 Å². The van der Waals surface area contributed by atoms with Gasteiger partial charge in [-0.2, -0.15) is 0 Å². The number of nitro benzene ring substituents is 1. The van der Waals surface area contributed by atoms with E-state index < -0.39 is 42.8 Å². The highest BCUT2D eigenvalue weighted by Gasteiger charge is 2.23. The molecular formula is C7H3ClFNO5S. The number of halogens is 2. The van der Waals surface area contributed by atoms with Crippen LogP contribution >= 0.6 is 11.6 Å². The van der Waals surface area contributed by atoms with Crippen LogP contribution < -0.4 is 0 Å². The Kier molecular flexibility index (Phi) is 3.55. The average Bonchev–Trinajstić information content (AvgIpc) is 2.15. The van der Waals surface area contributed by atoms with Gasteiger partial charge in [0.25, 0.3) is 10.9 Å². The van der Waals surface area contributed by atoms with Gasteiger partial charge >= 0.3 is 0 Å². The van der Waals surface area contributed by atoms with Gasteiger partial charge < -0.3 is 0 Å². The first-order valence-corrected chi connectivity index (χ1v) is 5.22. The van der Waals surface area contributed by atoms with Gasteiger partial charge in [-0.25, -0.2) is 12.8 Å². The highest BCUT2D eigenvalue weighted by atomic mass is 35.5. The topological polar surface area (TPSA) is 94.3 Å². The number of rotatable bonds is 3. The first-order valence-electron chi connectivity index (χ1n) is 3.66. The third kappa shape index (κ3) is 2.34. The lowest BCUT2D eigenvalue weighted by molar-refractivity contribution is -0.385. The van der Waals surface area contributed by atoms with E-state index in [1.165, 1.54) is 0 Å². The van der Waals surface area contributed by atoms with Crippen LogP contribution in [0.1, 0.15) is 10.4 Å². The second kappa shape index (κ2) is 4.54. The lowest BCUT2D eigenvalue weighted by atomic mass is 10.2. The molecule has 0 heterocycles. The smallest absolute Gasteiger partial charge is 0.275 e. The third-order valence-corrected chi connectivity index (χ3v) is 2.61. The summed E-state index contributed by atoms with van der Waals surface area (Å²) in [6, 6.07) is 0.880. The predicted octanol–water partition coefficient (Wildman–Crippen LogP) is 1.08. The molecule has 1 rings (SSSR count). The molecule has 0 saturated heterocycles. The van der Waals surface area contributed by atoms with Gasteiger partial charge in [0.05, 0.1) is 4.92 Å². The molecule has 0 radical (unpaired) electrons. The van der Waals surface area contributed by atoms with Crippen LogP contribution in [0, 0.1) is 15.9 Å². The minimum Gasteiger partial charge on any atom is -0.275 e. The van der Waals surface area contributed by atoms with E-state index in [0.29, 0.717) is 12.1 Å². The second-order valence-electron chi connectivity index (χ2n) is 2.61. The number of nitro groups is 1. The fourth-order valence-corrected chi connectivity index (χ4v) is 1.62. The van der Waals surface area contributed by atoms with Crippen molar-refractivity contribution in [2.75, 3.05) is 0 Å². The van der Waals surface area contributed by atoms with Crippen LogP contribution in [0.3, 0.4) is 0 Å². The largest absolute Gasteiger partial charge is 0.283 e. The number of hydrogen-bond donors (Lipinski definition) is 1. The molecule has 0 bridgehead atoms. The predicted molar refractivity (Wildman–Crippen MR) is 51.8 cm³/mol. The van der Waals surface area contributed by atoms with Crippen molar-refractivity contribution in [3.8, 4) is 0 Å². The first-order chi connectivity index (χ1) is 7.34. The van der Waals surface area contributed by atoms with E-state index in [-0.39, 0.29) is 0 Å². The normalized spacial score (nSPS) is 10.4. The number of nitrogens with zero attached hydrogens (tertiary/aromatic N) is 1. The Hall–Kier alpha value is -1.54. The molecule has 0 aliphatic rings. The number of hydrogen-bond acceptors (Lipinski definition) is 5. The summed E-state index contributed by atoms with van der Waals surface area (Å²) < 4.78 is 34.2. The van der Waals surface area contributed by atoms with E-state index in [0.717, 1.165) is 0 Å². The van der Waals surface area contributed by atoms with E-state index in [9.17, 15) is 27.7 Å². The van der Waals surface area contributed by atoms with Crippen molar-refractivity contribution in [3.05, 3.63) is 33.6 Å². The lowest BCUT2D eigenvalue weighted by Crippen LogP contribution is -2.01. The Morgan fingerprint density at radius 3 is 2.38 bits per heavy atom. The summed E-state index contributed by atoms with van der Waals surface area (Å²) in [4.78, 5) is 19.4. The number of thiol groups is 1. The van der Waals surface area contributed by atoms with Crippen LogP contribution in [0.25, 0.3) is 0 Å². The lowest BCUT2D eigenvalue weighted by Gasteiger charge is -2.00. The Labute approximate surface area is 94.7 Å². The van der Waals surface area contributed by atoms with Crippen molar-refractivity contribution in [2.45, 2.75) is 4.90 Å². The summed E-state index contributed by atoms with van der Waals surface area (Å²) in [6.07, 6.45) is 0. The van der Waals surface area contributed by atoms with Gasteiger partial charge in [0.15, 0.2) is 10.7 Å². The quantitative estimate of drug-likeness (QED) is 0.383. The Bertz CT molecular complexity index is 548. The molecule has 6 nitrogen and oxygen atoms in total. The number of carbonyl (C=O) groups excluding carboxylic acids is 1. The molecule has 0 amide bonds. The SMILES string of the molecule is O=C(Cl)c1cc(F)c([SH](=O)=O)cc1[N+](=O)[O-]. The third-order valence-electron chi connectivity index (χ3n) is 1.67. The van der Waals surface area contributed by atoms with Crippen LogP contribution in [-0.4, -0.2) is 18.6 Å². The first kappa shape index (κ1) is 12.5. The molecule has 0 aliphatic heterocycles. The fraction of sp³-hybridized carbons (Fsp3) is 0. The molecule has 0 saturated carbocycles. The number of benzene rings is 1. The maximum Gasteiger partial charge on any atom is 0.283 e. The van der Waals surface area contributed by atoms with Crippen LogP contribution in [0.2, 0.25) is 0 Å². The molecule has 0 atom stereocenters. The molecule has 0 unspecified atom stereocenters. The molecule has 0 fully saturated rings. The van der Waals surface area contributed by atoms with Gasteiger partial charge in [0, 0.05) is 6.07 Å². The molecule has 86 valence electrons. The zero-order chi connectivity index (χ0) is 12.5. The van der Waals surface area contributed by atoms with Crippen molar-refractivity contribution >= 4 is 33.2 Å². The second-order valence-corrected chi connectivity index (χ2v) is 3.95. The van der Waals surface area contributed by atoms with E-state index in [1.54, 1.807) is 0 Å². The Morgan fingerprint density at radius 1 is 1.44 bits per heavy atom. The highest BCUT2D eigenvalue weighted by Crippen LogP contribution is 2.25. The van der Waals surface area contributed by atoms with E-state index in [2.05, 4.69) is 0 Å². The molecule has 1 aromatic carbocycles. The molecule has 0 aromatic heterocycles. The molecular weight excluding hydrogens is 265 g/mol. The highest BCUT2D eigenvalue weighted by molar-refractivity contribution is 7.72. The molecule has 16 heavy (non-hydrogen) atoms. The Balaban J connectivity index is 3.62. The van der Waals surface area contributed by atoms with Crippen molar-refractivity contribution in [3.63, 3.8) is 0 Å². The minimum absolute atomic E-state index is 0.425. The monoisotopic (exact) mass is 267 g/mol. The molecule has 9 heteroatoms. The molecule has 0 N–H and O–H groups in total. The van der Waals surface area contributed by atoms with Crippen LogP contribution in [-0.2, 0) is 10.7 Å². The summed E-state index contributed by atoms with van der Waals surface area (Å²) in [5.41, 5.74) is -1.54. The average molecular weight is 268 g/mol. The van der Waals surface area contributed by atoms with E-state index >= 15 is 0 Å². The maximum absolute atomic E-state index is 13.1. The van der Waals surface area contributed by atoms with Crippen molar-refractivity contribution in [1.82, 2.24) is 0 Å². The zero-order valence-electron chi connectivity index (χ0n) is 7.35. The van der Waals surface area contributed by atoms with Crippen LogP contribution in [0.4, 0.5) is 10.1 Å². The van der Waals surface area contributed by atoms with Crippen molar-refractivity contribution in [2.24, 2.45) is 0 Å². The van der Waals surface area contributed by atoms with Crippen LogP contribution in [0.5, 0.6) is 0 Å². The van der Waals surface area contributed by atoms with Gasteiger partial charge in [-0.3, -0.25) is 14.9 Å². The standard InChI is InChI=1S/C7H3ClFNO5S/c8-7(11)3-1-4(9)6(16(14)15)2-5(3)10(12)13/h1-2,16H. The molecule has 0 spiro atoms. The minimum atomic E-state index is -3.32. The summed E-state index contributed by atoms with van der Waals surface area (Å²) in [5, 5.41) is 9.25. The van der Waals surface area contributed by atoms with E-state index in [1.807, 2.05) is 0 Å². The summed E-state index contributed by atoms with van der Waals surface area (Å²) in [6.45, 7) is 0. The van der Waals surface area contributed by atoms with Gasteiger partial charge in [0.1, 0.15) is 16.3 Å². The molecule has 1 aromatic rings. The maximum atomic E-state index is 13.1. The van der Waals surface area contributed by atoms with Gasteiger partial charge in [-0.15, -0.1) is 0 Å². The van der Waals surface area contributed by atoms with Crippen LogP contribution in [0.15, 0.2) is 17.0 Å².